The molecule has 0 saturated carbocycles. The van der Waals surface area contributed by atoms with E-state index in [9.17, 15) is 13.2 Å². The van der Waals surface area contributed by atoms with E-state index in [1.165, 1.54) is 6.20 Å². The van der Waals surface area contributed by atoms with Crippen molar-refractivity contribution in [2.24, 2.45) is 0 Å². The molecule has 0 aliphatic rings. The molecule has 1 heterocycles. The molecule has 0 aliphatic carbocycles. The quantitative estimate of drug-likeness (QED) is 0.763. The van der Waals surface area contributed by atoms with Gasteiger partial charge in [0.15, 0.2) is 0 Å². The Labute approximate surface area is 146 Å². The molecule has 3 rings (SSSR count). The highest BCUT2D eigenvalue weighted by atomic mass is 32.2. The lowest BCUT2D eigenvalue weighted by Gasteiger charge is -2.23. The van der Waals surface area contributed by atoms with Gasteiger partial charge in [-0.25, -0.2) is 8.42 Å². The fourth-order valence-electron chi connectivity index (χ4n) is 2.57. The zero-order valence-corrected chi connectivity index (χ0v) is 14.4. The molecule has 0 unspecified atom stereocenters. The molecule has 6 nitrogen and oxygen atoms in total. The summed E-state index contributed by atoms with van der Waals surface area (Å²) in [6.07, 6.45) is 4.18. The Morgan fingerprint density at radius 3 is 2.56 bits per heavy atom. The van der Waals surface area contributed by atoms with Gasteiger partial charge in [0.25, 0.3) is 0 Å². The van der Waals surface area contributed by atoms with E-state index >= 15 is 0 Å². The molecule has 1 amide bonds. The van der Waals surface area contributed by atoms with Gasteiger partial charge in [-0.1, -0.05) is 36.4 Å². The minimum Gasteiger partial charge on any atom is -0.323 e. The second kappa shape index (κ2) is 6.90. The Morgan fingerprint density at radius 2 is 1.84 bits per heavy atom. The number of hydrogen-bond acceptors (Lipinski definition) is 4. The number of benzene rings is 2. The van der Waals surface area contributed by atoms with Crippen LogP contribution < -0.4 is 9.62 Å². The number of fused-ring (bicyclic) bond motifs is 1. The van der Waals surface area contributed by atoms with Gasteiger partial charge < -0.3 is 5.32 Å². The number of hydrogen-bond donors (Lipinski definition) is 1. The normalized spacial score (nSPS) is 11.2. The van der Waals surface area contributed by atoms with Crippen molar-refractivity contribution in [2.75, 3.05) is 22.4 Å². The minimum atomic E-state index is -3.64. The van der Waals surface area contributed by atoms with Gasteiger partial charge in [0.1, 0.15) is 6.54 Å². The summed E-state index contributed by atoms with van der Waals surface area (Å²) in [5.41, 5.74) is 0.987. The molecule has 1 N–H and O–H groups in total. The number of carbonyl (C=O) groups is 1. The number of anilines is 2. The fourth-order valence-corrected chi connectivity index (χ4v) is 3.44. The second-order valence-electron chi connectivity index (χ2n) is 5.56. The minimum absolute atomic E-state index is 0.318. The fraction of sp³-hybridized carbons (Fsp3) is 0.111. The molecular formula is C18H17N3O3S. The van der Waals surface area contributed by atoms with Crippen LogP contribution in [0.15, 0.2) is 67.0 Å². The maximum atomic E-state index is 12.3. The van der Waals surface area contributed by atoms with Crippen molar-refractivity contribution in [2.45, 2.75) is 0 Å². The first-order valence-electron chi connectivity index (χ1n) is 7.60. The number of nitrogens with one attached hydrogen (secondary N) is 1. The van der Waals surface area contributed by atoms with Gasteiger partial charge in [-0.3, -0.25) is 14.1 Å². The summed E-state index contributed by atoms with van der Waals surface area (Å²) in [7, 11) is -3.64. The summed E-state index contributed by atoms with van der Waals surface area (Å²) < 4.78 is 25.7. The van der Waals surface area contributed by atoms with E-state index in [0.29, 0.717) is 11.4 Å². The Kier molecular flexibility index (Phi) is 4.67. The van der Waals surface area contributed by atoms with Crippen LogP contribution in [0.2, 0.25) is 0 Å². The molecule has 1 aromatic heterocycles. The van der Waals surface area contributed by atoms with Gasteiger partial charge in [-0.15, -0.1) is 0 Å². The van der Waals surface area contributed by atoms with Crippen LogP contribution in [-0.4, -0.2) is 32.1 Å². The third kappa shape index (κ3) is 3.95. The van der Waals surface area contributed by atoms with Crippen molar-refractivity contribution in [3.8, 4) is 0 Å². The summed E-state index contributed by atoms with van der Waals surface area (Å²) >= 11 is 0. The lowest BCUT2D eigenvalue weighted by atomic mass is 10.1. The third-order valence-corrected chi connectivity index (χ3v) is 4.79. The molecule has 2 aromatic carbocycles. The van der Waals surface area contributed by atoms with E-state index in [0.717, 1.165) is 21.3 Å². The predicted octanol–water partition coefficient (Wildman–Crippen LogP) is 2.64. The molecule has 3 aromatic rings. The number of carbonyl (C=O) groups excluding carboxylic acids is 1. The first-order valence-corrected chi connectivity index (χ1v) is 9.45. The molecule has 0 spiro atoms. The van der Waals surface area contributed by atoms with Crippen LogP contribution in [0.5, 0.6) is 0 Å². The number of aromatic nitrogens is 1. The molecule has 7 heteroatoms. The average Bonchev–Trinajstić information content (AvgIpc) is 2.59. The van der Waals surface area contributed by atoms with E-state index in [-0.39, 0.29) is 6.54 Å². The van der Waals surface area contributed by atoms with Gasteiger partial charge in [0.05, 0.1) is 23.8 Å². The summed E-state index contributed by atoms with van der Waals surface area (Å²) in [4.78, 5) is 16.3. The number of rotatable bonds is 5. The van der Waals surface area contributed by atoms with Crippen molar-refractivity contribution in [1.29, 1.82) is 0 Å². The maximum absolute atomic E-state index is 12.3. The van der Waals surface area contributed by atoms with Crippen LogP contribution in [0.3, 0.4) is 0 Å². The summed E-state index contributed by atoms with van der Waals surface area (Å²) in [6, 6.07) is 16.2. The van der Waals surface area contributed by atoms with Crippen LogP contribution >= 0.6 is 0 Å². The third-order valence-electron chi connectivity index (χ3n) is 3.67. The molecule has 128 valence electrons. The zero-order valence-electron chi connectivity index (χ0n) is 13.6. The van der Waals surface area contributed by atoms with Crippen molar-refractivity contribution in [3.05, 3.63) is 67.0 Å². The van der Waals surface area contributed by atoms with Crippen LogP contribution in [-0.2, 0) is 14.8 Å². The first-order chi connectivity index (χ1) is 11.9. The molecule has 0 atom stereocenters. The van der Waals surface area contributed by atoms with Crippen molar-refractivity contribution in [1.82, 2.24) is 4.98 Å². The summed E-state index contributed by atoms with van der Waals surface area (Å²) in [5, 5.41) is 4.33. The Bertz CT molecular complexity index is 999. The monoisotopic (exact) mass is 355 g/mol. The first kappa shape index (κ1) is 16.9. The topological polar surface area (TPSA) is 79.4 Å². The second-order valence-corrected chi connectivity index (χ2v) is 7.46. The Balaban J connectivity index is 1.94. The molecule has 25 heavy (non-hydrogen) atoms. The van der Waals surface area contributed by atoms with E-state index in [1.54, 1.807) is 30.5 Å². The smallest absolute Gasteiger partial charge is 0.245 e. The van der Waals surface area contributed by atoms with Gasteiger partial charge >= 0.3 is 0 Å². The molecule has 0 radical (unpaired) electrons. The van der Waals surface area contributed by atoms with Crippen molar-refractivity contribution >= 4 is 38.1 Å². The average molecular weight is 355 g/mol. The molecule has 0 aliphatic heterocycles. The number of amides is 1. The van der Waals surface area contributed by atoms with E-state index in [4.69, 9.17) is 0 Å². The van der Waals surface area contributed by atoms with E-state index in [2.05, 4.69) is 10.3 Å². The SMILES string of the molecule is CS(=O)(=O)N(CC(=O)Nc1cccnc1)c1cccc2ccccc12. The van der Waals surface area contributed by atoms with Crippen molar-refractivity contribution in [3.63, 3.8) is 0 Å². The van der Waals surface area contributed by atoms with E-state index in [1.807, 2.05) is 30.3 Å². The standard InChI is InChI=1S/C18H17N3O3S/c1-25(23,24)21(13-18(22)20-15-8-5-11-19-12-15)17-10-4-7-14-6-2-3-9-16(14)17/h2-12H,13H2,1H3,(H,20,22). The van der Waals surface area contributed by atoms with E-state index < -0.39 is 15.9 Å². The van der Waals surface area contributed by atoms with Gasteiger partial charge in [-0.2, -0.15) is 0 Å². The number of sulfonamides is 1. The van der Waals surface area contributed by atoms with Crippen LogP contribution in [0, 0.1) is 0 Å². The Morgan fingerprint density at radius 1 is 1.08 bits per heavy atom. The molecule has 0 saturated heterocycles. The largest absolute Gasteiger partial charge is 0.323 e. The number of nitrogens with zero attached hydrogens (tertiary/aromatic N) is 2. The van der Waals surface area contributed by atoms with Gasteiger partial charge in [0.2, 0.25) is 15.9 Å². The van der Waals surface area contributed by atoms with Crippen LogP contribution in [0.1, 0.15) is 0 Å². The lowest BCUT2D eigenvalue weighted by molar-refractivity contribution is -0.114. The van der Waals surface area contributed by atoms with Crippen molar-refractivity contribution < 1.29 is 13.2 Å². The zero-order chi connectivity index (χ0) is 17.9. The highest BCUT2D eigenvalue weighted by molar-refractivity contribution is 7.92. The van der Waals surface area contributed by atoms with Gasteiger partial charge in [-0.05, 0) is 23.6 Å². The molecule has 0 fully saturated rings. The predicted molar refractivity (Wildman–Crippen MR) is 99.0 cm³/mol. The van der Waals surface area contributed by atoms with Gasteiger partial charge in [0, 0.05) is 11.6 Å². The maximum Gasteiger partial charge on any atom is 0.245 e. The highest BCUT2D eigenvalue weighted by Gasteiger charge is 2.22. The van der Waals surface area contributed by atoms with Crippen LogP contribution in [0.4, 0.5) is 11.4 Å². The summed E-state index contributed by atoms with van der Waals surface area (Å²) in [5.74, 6) is -0.439. The summed E-state index contributed by atoms with van der Waals surface area (Å²) in [6.45, 7) is -0.318. The highest BCUT2D eigenvalue weighted by Crippen LogP contribution is 2.28. The molecule has 0 bridgehead atoms. The number of pyridine rings is 1. The molecular weight excluding hydrogens is 338 g/mol. The lowest BCUT2D eigenvalue weighted by Crippen LogP contribution is -2.37. The van der Waals surface area contributed by atoms with Crippen LogP contribution in [0.25, 0.3) is 10.8 Å². The Hall–Kier alpha value is -2.93.